The van der Waals surface area contributed by atoms with Crippen LogP contribution < -0.4 is 4.90 Å². The Hall–Kier alpha value is -1.70. The fourth-order valence-corrected chi connectivity index (χ4v) is 2.67. The third kappa shape index (κ3) is 1.19. The lowest BCUT2D eigenvalue weighted by Crippen LogP contribution is -2.30. The van der Waals surface area contributed by atoms with Crippen LogP contribution in [0.4, 0.5) is 10.3 Å². The van der Waals surface area contributed by atoms with Crippen LogP contribution in [-0.4, -0.2) is 28.7 Å². The van der Waals surface area contributed by atoms with Crippen molar-refractivity contribution in [2.45, 2.75) is 12.1 Å². The van der Waals surface area contributed by atoms with Crippen LogP contribution in [0.25, 0.3) is 0 Å². The highest BCUT2D eigenvalue weighted by molar-refractivity contribution is 5.38. The summed E-state index contributed by atoms with van der Waals surface area (Å²) in [5.74, 6) is 0.654. The molecule has 0 bridgehead atoms. The molecule has 0 N–H and O–H groups in total. The molecule has 2 fully saturated rings. The van der Waals surface area contributed by atoms with Crippen LogP contribution >= 0.6 is 0 Å². The van der Waals surface area contributed by atoms with E-state index in [0.717, 1.165) is 0 Å². The summed E-state index contributed by atoms with van der Waals surface area (Å²) >= 11 is 0. The SMILES string of the molecule is N#CCC1(F)[C@@H]2CN(c3ncccn3)C[C@H]21. The van der Waals surface area contributed by atoms with E-state index in [0.29, 0.717) is 19.0 Å². The van der Waals surface area contributed by atoms with Crippen molar-refractivity contribution in [1.29, 1.82) is 5.26 Å². The van der Waals surface area contributed by atoms with Crippen LogP contribution in [0.2, 0.25) is 0 Å². The zero-order valence-corrected chi connectivity index (χ0v) is 8.67. The molecule has 1 saturated carbocycles. The first-order chi connectivity index (χ1) is 7.75. The summed E-state index contributed by atoms with van der Waals surface area (Å²) in [5.41, 5.74) is -1.24. The number of rotatable bonds is 2. The van der Waals surface area contributed by atoms with Gasteiger partial charge in [0.05, 0.1) is 12.5 Å². The van der Waals surface area contributed by atoms with Gasteiger partial charge in [0, 0.05) is 37.3 Å². The van der Waals surface area contributed by atoms with Crippen molar-refractivity contribution in [1.82, 2.24) is 9.97 Å². The molecule has 82 valence electrons. The summed E-state index contributed by atoms with van der Waals surface area (Å²) in [4.78, 5) is 10.3. The average Bonchev–Trinajstić information content (AvgIpc) is 2.68. The topological polar surface area (TPSA) is 52.8 Å². The van der Waals surface area contributed by atoms with E-state index < -0.39 is 5.67 Å². The van der Waals surface area contributed by atoms with Crippen LogP contribution in [0, 0.1) is 23.2 Å². The Labute approximate surface area is 92.7 Å². The summed E-state index contributed by atoms with van der Waals surface area (Å²) in [5, 5.41) is 8.55. The number of alkyl halides is 1. The molecular formula is C11H11FN4. The number of halogens is 1. The summed E-state index contributed by atoms with van der Waals surface area (Å²) in [7, 11) is 0. The van der Waals surface area contributed by atoms with E-state index in [2.05, 4.69) is 9.97 Å². The Morgan fingerprint density at radius 1 is 1.44 bits per heavy atom. The Balaban J connectivity index is 1.70. The van der Waals surface area contributed by atoms with Gasteiger partial charge in [0.1, 0.15) is 5.67 Å². The Bertz CT molecular complexity index is 429. The first-order valence-electron chi connectivity index (χ1n) is 5.33. The Kier molecular flexibility index (Phi) is 1.87. The molecule has 0 aromatic carbocycles. The third-order valence-corrected chi connectivity index (χ3v) is 3.63. The van der Waals surface area contributed by atoms with E-state index in [4.69, 9.17) is 5.26 Å². The van der Waals surface area contributed by atoms with Gasteiger partial charge in [-0.1, -0.05) is 0 Å². The number of hydrogen-bond donors (Lipinski definition) is 0. The number of piperidine rings is 1. The number of anilines is 1. The predicted molar refractivity (Wildman–Crippen MR) is 55.3 cm³/mol. The maximum atomic E-state index is 14.0. The summed E-state index contributed by atoms with van der Waals surface area (Å²) < 4.78 is 14.0. The molecule has 5 heteroatoms. The smallest absolute Gasteiger partial charge is 0.225 e. The van der Waals surface area contributed by atoms with Gasteiger partial charge >= 0.3 is 0 Å². The molecule has 2 atom stereocenters. The van der Waals surface area contributed by atoms with Gasteiger partial charge in [0.15, 0.2) is 0 Å². The lowest BCUT2D eigenvalue weighted by atomic mass is 10.2. The molecule has 3 rings (SSSR count). The molecular weight excluding hydrogens is 207 g/mol. The van der Waals surface area contributed by atoms with Gasteiger partial charge in [-0.25, -0.2) is 14.4 Å². The molecule has 2 heterocycles. The van der Waals surface area contributed by atoms with Crippen LogP contribution in [0.15, 0.2) is 18.5 Å². The molecule has 1 aliphatic heterocycles. The fourth-order valence-electron chi connectivity index (χ4n) is 2.67. The zero-order chi connectivity index (χ0) is 11.2. The minimum absolute atomic E-state index is 0.00374. The van der Waals surface area contributed by atoms with Crippen molar-refractivity contribution >= 4 is 5.95 Å². The molecule has 2 aliphatic rings. The predicted octanol–water partition coefficient (Wildman–Crippen LogP) is 1.16. The van der Waals surface area contributed by atoms with Crippen molar-refractivity contribution in [2.24, 2.45) is 11.8 Å². The van der Waals surface area contributed by atoms with Crippen molar-refractivity contribution < 1.29 is 4.39 Å². The van der Waals surface area contributed by atoms with E-state index in [9.17, 15) is 4.39 Å². The fraction of sp³-hybridized carbons (Fsp3) is 0.545. The van der Waals surface area contributed by atoms with Gasteiger partial charge in [-0.05, 0) is 6.07 Å². The summed E-state index contributed by atoms with van der Waals surface area (Å²) in [6, 6.07) is 3.69. The molecule has 1 aromatic heterocycles. The van der Waals surface area contributed by atoms with E-state index >= 15 is 0 Å². The lowest BCUT2D eigenvalue weighted by Gasteiger charge is -2.20. The lowest BCUT2D eigenvalue weighted by molar-refractivity contribution is 0.259. The second kappa shape index (κ2) is 3.14. The van der Waals surface area contributed by atoms with E-state index in [1.165, 1.54) is 0 Å². The van der Waals surface area contributed by atoms with E-state index in [-0.39, 0.29) is 18.3 Å². The monoisotopic (exact) mass is 218 g/mol. The van der Waals surface area contributed by atoms with E-state index in [1.807, 2.05) is 11.0 Å². The molecule has 1 aromatic rings. The molecule has 4 nitrogen and oxygen atoms in total. The Morgan fingerprint density at radius 2 is 2.06 bits per heavy atom. The molecule has 0 amide bonds. The van der Waals surface area contributed by atoms with Crippen molar-refractivity contribution in [2.75, 3.05) is 18.0 Å². The molecule has 0 radical (unpaired) electrons. The first-order valence-corrected chi connectivity index (χ1v) is 5.33. The number of fused-ring (bicyclic) bond motifs is 1. The van der Waals surface area contributed by atoms with Crippen molar-refractivity contribution in [3.05, 3.63) is 18.5 Å². The maximum Gasteiger partial charge on any atom is 0.225 e. The van der Waals surface area contributed by atoms with Gasteiger partial charge < -0.3 is 4.90 Å². The quantitative estimate of drug-likeness (QED) is 0.747. The molecule has 0 spiro atoms. The Morgan fingerprint density at radius 3 is 2.62 bits per heavy atom. The van der Waals surface area contributed by atoms with Gasteiger partial charge in [0.25, 0.3) is 0 Å². The third-order valence-electron chi connectivity index (χ3n) is 3.63. The normalized spacial score (nSPS) is 35.6. The van der Waals surface area contributed by atoms with Crippen molar-refractivity contribution in [3.8, 4) is 6.07 Å². The molecule has 1 aliphatic carbocycles. The highest BCUT2D eigenvalue weighted by atomic mass is 19.1. The summed E-state index contributed by atoms with van der Waals surface area (Å²) in [6.45, 7) is 1.26. The minimum Gasteiger partial charge on any atom is -0.340 e. The van der Waals surface area contributed by atoms with Gasteiger partial charge in [-0.3, -0.25) is 0 Å². The average molecular weight is 218 g/mol. The van der Waals surface area contributed by atoms with Crippen LogP contribution in [0.5, 0.6) is 0 Å². The number of hydrogen-bond acceptors (Lipinski definition) is 4. The molecule has 0 unspecified atom stereocenters. The van der Waals surface area contributed by atoms with Crippen molar-refractivity contribution in [3.63, 3.8) is 0 Å². The second-order valence-corrected chi connectivity index (χ2v) is 4.43. The highest BCUT2D eigenvalue weighted by Gasteiger charge is 2.69. The van der Waals surface area contributed by atoms with Gasteiger partial charge in [-0.15, -0.1) is 0 Å². The largest absolute Gasteiger partial charge is 0.340 e. The first kappa shape index (κ1) is 9.52. The van der Waals surface area contributed by atoms with E-state index in [1.54, 1.807) is 18.5 Å². The molecule has 1 saturated heterocycles. The number of nitriles is 1. The summed E-state index contributed by atoms with van der Waals surface area (Å²) in [6.07, 6.45) is 3.39. The number of nitrogens with zero attached hydrogens (tertiary/aromatic N) is 4. The van der Waals surface area contributed by atoms with Gasteiger partial charge in [-0.2, -0.15) is 5.26 Å². The minimum atomic E-state index is -1.24. The maximum absolute atomic E-state index is 14.0. The number of aromatic nitrogens is 2. The highest BCUT2D eigenvalue weighted by Crippen LogP contribution is 2.60. The standard InChI is InChI=1S/C11H11FN4/c12-11(2-3-13)8-6-16(7-9(8)11)10-14-4-1-5-15-10/h1,4-5,8-9H,2,6-7H2/t8-,9-/m1/s1. The van der Waals surface area contributed by atoms with Crippen LogP contribution in [0.1, 0.15) is 6.42 Å². The zero-order valence-electron chi connectivity index (χ0n) is 8.67. The molecule has 16 heavy (non-hydrogen) atoms. The second-order valence-electron chi connectivity index (χ2n) is 4.43. The van der Waals surface area contributed by atoms with Crippen LogP contribution in [-0.2, 0) is 0 Å². The van der Waals surface area contributed by atoms with Crippen LogP contribution in [0.3, 0.4) is 0 Å². The van der Waals surface area contributed by atoms with Gasteiger partial charge in [0.2, 0.25) is 5.95 Å².